The average molecular weight is 454 g/mol. The van der Waals surface area contributed by atoms with E-state index in [2.05, 4.69) is 21.7 Å². The third-order valence-corrected chi connectivity index (χ3v) is 5.64. The molecule has 0 aliphatic rings. The molecular weight excluding hydrogens is 426 g/mol. The fraction of sp³-hybridized carbons (Fsp3) is 0.143. The van der Waals surface area contributed by atoms with Crippen LogP contribution in [0.25, 0.3) is 17.0 Å². The number of H-pyrrole nitrogens is 1. The molecule has 3 aromatic carbocycles. The number of amides is 2. The molecule has 0 bridgehead atoms. The molecule has 0 atom stereocenters. The zero-order valence-corrected chi connectivity index (χ0v) is 19.2. The summed E-state index contributed by atoms with van der Waals surface area (Å²) in [6, 6.07) is 24.3. The van der Waals surface area contributed by atoms with Crippen LogP contribution in [0.4, 0.5) is 0 Å². The van der Waals surface area contributed by atoms with Crippen LogP contribution in [0.5, 0.6) is 5.75 Å². The van der Waals surface area contributed by atoms with Crippen LogP contribution in [-0.2, 0) is 11.2 Å². The first kappa shape index (κ1) is 22.9. The normalized spacial score (nSPS) is 11.3. The number of benzene rings is 3. The van der Waals surface area contributed by atoms with E-state index in [0.717, 1.165) is 22.2 Å². The van der Waals surface area contributed by atoms with Crippen molar-refractivity contribution < 1.29 is 14.3 Å². The average Bonchev–Trinajstić information content (AvgIpc) is 3.19. The van der Waals surface area contributed by atoms with Gasteiger partial charge in [-0.3, -0.25) is 9.59 Å². The molecule has 4 aromatic rings. The van der Waals surface area contributed by atoms with Gasteiger partial charge in [0.2, 0.25) is 0 Å². The molecule has 6 nitrogen and oxygen atoms in total. The number of para-hydroxylation sites is 1. The van der Waals surface area contributed by atoms with Crippen LogP contribution in [0, 0.1) is 6.92 Å². The molecule has 0 spiro atoms. The van der Waals surface area contributed by atoms with Gasteiger partial charge < -0.3 is 20.4 Å². The van der Waals surface area contributed by atoms with Gasteiger partial charge in [-0.1, -0.05) is 48.5 Å². The van der Waals surface area contributed by atoms with Crippen molar-refractivity contribution in [3.63, 3.8) is 0 Å². The van der Waals surface area contributed by atoms with E-state index in [0.29, 0.717) is 24.3 Å². The Balaban J connectivity index is 1.48. The third kappa shape index (κ3) is 5.35. The van der Waals surface area contributed by atoms with E-state index in [1.807, 2.05) is 55.5 Å². The Labute approximate surface area is 198 Å². The van der Waals surface area contributed by atoms with Crippen LogP contribution in [-0.4, -0.2) is 30.5 Å². The summed E-state index contributed by atoms with van der Waals surface area (Å²) in [5.74, 6) is -0.0578. The Morgan fingerprint density at radius 2 is 1.65 bits per heavy atom. The Hall–Kier alpha value is -4.32. The number of aromatic amines is 1. The summed E-state index contributed by atoms with van der Waals surface area (Å²) in [6.45, 7) is 2.47. The monoisotopic (exact) mass is 453 g/mol. The number of aryl methyl sites for hydroxylation is 1. The minimum atomic E-state index is -0.368. The molecule has 6 heteroatoms. The minimum absolute atomic E-state index is 0.183. The van der Waals surface area contributed by atoms with Gasteiger partial charge in [-0.05, 0) is 60.9 Å². The highest BCUT2D eigenvalue weighted by Gasteiger charge is 2.15. The molecule has 0 fully saturated rings. The Bertz CT molecular complexity index is 1320. The van der Waals surface area contributed by atoms with E-state index in [1.54, 1.807) is 37.5 Å². The van der Waals surface area contributed by atoms with Crippen LogP contribution in [0.2, 0.25) is 0 Å². The molecule has 0 saturated heterocycles. The number of rotatable bonds is 8. The van der Waals surface area contributed by atoms with Crippen molar-refractivity contribution in [2.45, 2.75) is 13.3 Å². The molecule has 0 aliphatic heterocycles. The van der Waals surface area contributed by atoms with Crippen molar-refractivity contribution in [1.82, 2.24) is 15.6 Å². The van der Waals surface area contributed by atoms with Gasteiger partial charge in [0.25, 0.3) is 11.8 Å². The number of aromatic nitrogens is 1. The molecule has 0 unspecified atom stereocenters. The number of hydrogen-bond donors (Lipinski definition) is 3. The van der Waals surface area contributed by atoms with Crippen LogP contribution in [0.1, 0.15) is 27.2 Å². The fourth-order valence-electron chi connectivity index (χ4n) is 3.86. The SMILES string of the molecule is COc1ccc(C(=O)NC(=Cc2ccccc2)C(=O)NCCc2c(C)[nH]c3ccccc23)cc1. The molecule has 3 N–H and O–H groups in total. The van der Waals surface area contributed by atoms with Crippen molar-refractivity contribution in [3.05, 3.63) is 107 Å². The van der Waals surface area contributed by atoms with Crippen LogP contribution < -0.4 is 15.4 Å². The van der Waals surface area contributed by atoms with Crippen LogP contribution >= 0.6 is 0 Å². The van der Waals surface area contributed by atoms with Gasteiger partial charge in [-0.25, -0.2) is 0 Å². The second-order valence-corrected chi connectivity index (χ2v) is 7.93. The summed E-state index contributed by atoms with van der Waals surface area (Å²) in [5.41, 5.74) is 4.77. The number of carbonyl (C=O) groups excluding carboxylic acids is 2. The molecule has 1 heterocycles. The summed E-state index contributed by atoms with van der Waals surface area (Å²) in [5, 5.41) is 6.87. The van der Waals surface area contributed by atoms with E-state index in [-0.39, 0.29) is 17.5 Å². The second kappa shape index (κ2) is 10.5. The van der Waals surface area contributed by atoms with Gasteiger partial charge in [-0.2, -0.15) is 0 Å². The van der Waals surface area contributed by atoms with Gasteiger partial charge in [-0.15, -0.1) is 0 Å². The minimum Gasteiger partial charge on any atom is -0.497 e. The standard InChI is InChI=1S/C28H27N3O3/c1-19-23(24-10-6-7-11-25(24)30-19)16-17-29-28(33)26(18-20-8-4-3-5-9-20)31-27(32)21-12-14-22(34-2)15-13-21/h3-15,18,30H,16-17H2,1-2H3,(H,29,33)(H,31,32). The quantitative estimate of drug-likeness (QED) is 0.341. The summed E-state index contributed by atoms with van der Waals surface area (Å²) in [6.07, 6.45) is 2.35. The van der Waals surface area contributed by atoms with Crippen molar-refractivity contribution in [2.24, 2.45) is 0 Å². The fourth-order valence-corrected chi connectivity index (χ4v) is 3.86. The predicted octanol–water partition coefficient (Wildman–Crippen LogP) is 4.61. The summed E-state index contributed by atoms with van der Waals surface area (Å²) >= 11 is 0. The number of fused-ring (bicyclic) bond motifs is 1. The molecule has 0 saturated carbocycles. The molecule has 0 radical (unpaired) electrons. The van der Waals surface area contributed by atoms with Crippen LogP contribution in [0.3, 0.4) is 0 Å². The lowest BCUT2D eigenvalue weighted by Gasteiger charge is -2.12. The van der Waals surface area contributed by atoms with Crippen molar-refractivity contribution in [2.75, 3.05) is 13.7 Å². The second-order valence-electron chi connectivity index (χ2n) is 7.93. The Morgan fingerprint density at radius 1 is 0.941 bits per heavy atom. The first-order chi connectivity index (χ1) is 16.5. The van der Waals surface area contributed by atoms with E-state index >= 15 is 0 Å². The lowest BCUT2D eigenvalue weighted by atomic mass is 10.1. The molecule has 0 aliphatic carbocycles. The third-order valence-electron chi connectivity index (χ3n) is 5.64. The number of ether oxygens (including phenoxy) is 1. The zero-order valence-electron chi connectivity index (χ0n) is 19.2. The lowest BCUT2D eigenvalue weighted by molar-refractivity contribution is -0.117. The van der Waals surface area contributed by atoms with Crippen LogP contribution in [0.15, 0.2) is 84.6 Å². The highest BCUT2D eigenvalue weighted by atomic mass is 16.5. The lowest BCUT2D eigenvalue weighted by Crippen LogP contribution is -2.35. The van der Waals surface area contributed by atoms with Crippen molar-refractivity contribution in [1.29, 1.82) is 0 Å². The van der Waals surface area contributed by atoms with Gasteiger partial charge in [0, 0.05) is 28.7 Å². The van der Waals surface area contributed by atoms with Crippen molar-refractivity contribution >= 4 is 28.8 Å². The highest BCUT2D eigenvalue weighted by Crippen LogP contribution is 2.22. The van der Waals surface area contributed by atoms with Gasteiger partial charge in [0.05, 0.1) is 7.11 Å². The number of carbonyl (C=O) groups is 2. The van der Waals surface area contributed by atoms with E-state index < -0.39 is 0 Å². The Morgan fingerprint density at radius 3 is 2.38 bits per heavy atom. The first-order valence-corrected chi connectivity index (χ1v) is 11.1. The summed E-state index contributed by atoms with van der Waals surface area (Å²) < 4.78 is 5.15. The zero-order chi connectivity index (χ0) is 23.9. The maximum absolute atomic E-state index is 13.1. The number of hydrogen-bond acceptors (Lipinski definition) is 3. The highest BCUT2D eigenvalue weighted by molar-refractivity contribution is 6.05. The molecule has 34 heavy (non-hydrogen) atoms. The molecule has 1 aromatic heterocycles. The molecule has 2 amide bonds. The van der Waals surface area contributed by atoms with Crippen molar-refractivity contribution in [3.8, 4) is 5.75 Å². The van der Waals surface area contributed by atoms with E-state index in [4.69, 9.17) is 4.74 Å². The predicted molar refractivity (Wildman–Crippen MR) is 135 cm³/mol. The number of methoxy groups -OCH3 is 1. The smallest absolute Gasteiger partial charge is 0.267 e. The molecule has 172 valence electrons. The topological polar surface area (TPSA) is 83.2 Å². The summed E-state index contributed by atoms with van der Waals surface area (Å²) in [4.78, 5) is 29.3. The number of nitrogens with one attached hydrogen (secondary N) is 3. The largest absolute Gasteiger partial charge is 0.497 e. The molecule has 4 rings (SSSR count). The Kier molecular flexibility index (Phi) is 7.08. The molecular formula is C28H27N3O3. The first-order valence-electron chi connectivity index (χ1n) is 11.1. The maximum Gasteiger partial charge on any atom is 0.267 e. The maximum atomic E-state index is 13.1. The summed E-state index contributed by atoms with van der Waals surface area (Å²) in [7, 11) is 1.57. The van der Waals surface area contributed by atoms with E-state index in [1.165, 1.54) is 5.56 Å². The van der Waals surface area contributed by atoms with Gasteiger partial charge in [0.1, 0.15) is 11.4 Å². The van der Waals surface area contributed by atoms with Gasteiger partial charge in [0.15, 0.2) is 0 Å². The van der Waals surface area contributed by atoms with E-state index in [9.17, 15) is 9.59 Å². The van der Waals surface area contributed by atoms with Gasteiger partial charge >= 0.3 is 0 Å².